The molecule has 0 bridgehead atoms. The van der Waals surface area contributed by atoms with E-state index in [0.29, 0.717) is 12.4 Å². The van der Waals surface area contributed by atoms with Crippen molar-refractivity contribution in [1.29, 1.82) is 0 Å². The molecule has 0 spiro atoms. The number of aryl methyl sites for hydroxylation is 1. The second kappa shape index (κ2) is 3.64. The van der Waals surface area contributed by atoms with E-state index in [0.717, 1.165) is 14.8 Å². The molecule has 4 nitrogen and oxygen atoms in total. The third-order valence-corrected chi connectivity index (χ3v) is 3.34. The topological polar surface area (TPSA) is 57.0 Å². The molecule has 0 aromatic carbocycles. The molecule has 0 aliphatic carbocycles. The number of anilines is 1. The van der Waals surface area contributed by atoms with Crippen LogP contribution in [0.5, 0.6) is 0 Å². The molecule has 0 atom stereocenters. The molecular formula is C9H10IN3O. The van der Waals surface area contributed by atoms with Gasteiger partial charge in [0.2, 0.25) is 0 Å². The van der Waals surface area contributed by atoms with Gasteiger partial charge in [-0.1, -0.05) is 0 Å². The molecular weight excluding hydrogens is 293 g/mol. The van der Waals surface area contributed by atoms with Crippen LogP contribution in [0.25, 0.3) is 0 Å². The van der Waals surface area contributed by atoms with E-state index in [1.54, 1.807) is 17.2 Å². The van der Waals surface area contributed by atoms with E-state index in [-0.39, 0.29) is 0 Å². The summed E-state index contributed by atoms with van der Waals surface area (Å²) in [4.78, 5) is 0. The summed E-state index contributed by atoms with van der Waals surface area (Å²) < 4.78 is 7.78. The number of halogens is 1. The molecule has 2 aromatic heterocycles. The monoisotopic (exact) mass is 303 g/mol. The van der Waals surface area contributed by atoms with Crippen molar-refractivity contribution in [2.45, 2.75) is 13.5 Å². The van der Waals surface area contributed by atoms with Crippen LogP contribution in [0, 0.1) is 10.5 Å². The fraction of sp³-hybridized carbons (Fsp3) is 0.222. The van der Waals surface area contributed by atoms with Crippen molar-refractivity contribution in [2.24, 2.45) is 0 Å². The highest BCUT2D eigenvalue weighted by Gasteiger charge is 2.09. The fourth-order valence-corrected chi connectivity index (χ4v) is 1.64. The zero-order valence-electron chi connectivity index (χ0n) is 7.70. The Bertz CT molecular complexity index is 433. The summed E-state index contributed by atoms with van der Waals surface area (Å²) in [6.07, 6.45) is 3.34. The van der Waals surface area contributed by atoms with Crippen LogP contribution in [0.15, 0.2) is 23.0 Å². The molecule has 0 amide bonds. The Labute approximate surface area is 95.2 Å². The van der Waals surface area contributed by atoms with E-state index in [1.165, 1.54) is 0 Å². The van der Waals surface area contributed by atoms with Gasteiger partial charge in [0, 0.05) is 5.56 Å². The van der Waals surface area contributed by atoms with Gasteiger partial charge in [-0.05, 0) is 35.6 Å². The predicted octanol–water partition coefficient (Wildman–Crippen LogP) is 2.02. The maximum atomic E-state index is 5.88. The lowest BCUT2D eigenvalue weighted by molar-refractivity contribution is 0.560. The third-order valence-electron chi connectivity index (χ3n) is 2.00. The van der Waals surface area contributed by atoms with E-state index in [9.17, 15) is 0 Å². The largest absolute Gasteiger partial charge is 0.472 e. The molecule has 5 heteroatoms. The lowest BCUT2D eigenvalue weighted by Crippen LogP contribution is -2.05. The summed E-state index contributed by atoms with van der Waals surface area (Å²) in [7, 11) is 0. The van der Waals surface area contributed by atoms with Gasteiger partial charge in [0.25, 0.3) is 0 Å². The Morgan fingerprint density at radius 2 is 2.43 bits per heavy atom. The highest BCUT2D eigenvalue weighted by molar-refractivity contribution is 14.1. The molecule has 2 N–H and O–H groups in total. The highest BCUT2D eigenvalue weighted by atomic mass is 127. The molecule has 14 heavy (non-hydrogen) atoms. The Balaban J connectivity index is 2.30. The summed E-state index contributed by atoms with van der Waals surface area (Å²) in [6, 6.07) is 1.91. The highest BCUT2D eigenvalue weighted by Crippen LogP contribution is 2.19. The minimum atomic E-state index is 0.659. The lowest BCUT2D eigenvalue weighted by Gasteiger charge is -2.00. The van der Waals surface area contributed by atoms with Crippen LogP contribution in [0.3, 0.4) is 0 Å². The first-order valence-corrected chi connectivity index (χ1v) is 5.26. The number of furan rings is 1. The Hall–Kier alpha value is -0.980. The SMILES string of the molecule is Cc1nn(Cc2ccoc2)c(N)c1I. The minimum Gasteiger partial charge on any atom is -0.472 e. The van der Waals surface area contributed by atoms with Crippen molar-refractivity contribution >= 4 is 28.4 Å². The van der Waals surface area contributed by atoms with Gasteiger partial charge in [0.15, 0.2) is 0 Å². The van der Waals surface area contributed by atoms with Crippen LogP contribution in [0.4, 0.5) is 5.82 Å². The number of hydrogen-bond donors (Lipinski definition) is 1. The summed E-state index contributed by atoms with van der Waals surface area (Å²) in [6.45, 7) is 2.61. The van der Waals surface area contributed by atoms with E-state index < -0.39 is 0 Å². The summed E-state index contributed by atoms with van der Waals surface area (Å²) in [5.41, 5.74) is 7.91. The Morgan fingerprint density at radius 1 is 1.64 bits per heavy atom. The molecule has 0 unspecified atom stereocenters. The van der Waals surface area contributed by atoms with Crippen LogP contribution >= 0.6 is 22.6 Å². The second-order valence-electron chi connectivity index (χ2n) is 3.07. The molecule has 0 fully saturated rings. The van der Waals surface area contributed by atoms with Crippen LogP contribution in [0.2, 0.25) is 0 Å². The third kappa shape index (κ3) is 1.63. The summed E-state index contributed by atoms with van der Waals surface area (Å²) in [5, 5.41) is 4.33. The van der Waals surface area contributed by atoms with E-state index in [2.05, 4.69) is 27.7 Å². The molecule has 0 saturated carbocycles. The Morgan fingerprint density at radius 3 is 2.93 bits per heavy atom. The van der Waals surface area contributed by atoms with Gasteiger partial charge in [0.1, 0.15) is 5.82 Å². The average molecular weight is 303 g/mol. The molecule has 0 aliphatic rings. The summed E-state index contributed by atoms with van der Waals surface area (Å²) in [5.74, 6) is 0.712. The molecule has 0 saturated heterocycles. The lowest BCUT2D eigenvalue weighted by atomic mass is 10.3. The van der Waals surface area contributed by atoms with Crippen molar-refractivity contribution in [3.8, 4) is 0 Å². The maximum Gasteiger partial charge on any atom is 0.135 e. The van der Waals surface area contributed by atoms with E-state index >= 15 is 0 Å². The average Bonchev–Trinajstić information content (AvgIpc) is 2.73. The van der Waals surface area contributed by atoms with E-state index in [4.69, 9.17) is 10.2 Å². The number of nitrogen functional groups attached to an aromatic ring is 1. The number of hydrogen-bond acceptors (Lipinski definition) is 3. The van der Waals surface area contributed by atoms with Gasteiger partial charge >= 0.3 is 0 Å². The smallest absolute Gasteiger partial charge is 0.135 e. The molecule has 0 aliphatic heterocycles. The van der Waals surface area contributed by atoms with E-state index in [1.807, 2.05) is 13.0 Å². The quantitative estimate of drug-likeness (QED) is 0.864. The first-order chi connectivity index (χ1) is 6.68. The second-order valence-corrected chi connectivity index (χ2v) is 4.15. The number of aromatic nitrogens is 2. The van der Waals surface area contributed by atoms with Gasteiger partial charge in [0.05, 0.1) is 28.3 Å². The number of rotatable bonds is 2. The normalized spacial score (nSPS) is 10.7. The maximum absolute atomic E-state index is 5.88. The molecule has 74 valence electrons. The van der Waals surface area contributed by atoms with Gasteiger partial charge in [-0.25, -0.2) is 4.68 Å². The zero-order chi connectivity index (χ0) is 10.1. The summed E-state index contributed by atoms with van der Waals surface area (Å²) >= 11 is 2.20. The van der Waals surface area contributed by atoms with Gasteiger partial charge in [-0.15, -0.1) is 0 Å². The van der Waals surface area contributed by atoms with Crippen molar-refractivity contribution in [2.75, 3.05) is 5.73 Å². The van der Waals surface area contributed by atoms with Gasteiger partial charge in [-0.3, -0.25) is 0 Å². The minimum absolute atomic E-state index is 0.659. The Kier molecular flexibility index (Phi) is 2.49. The van der Waals surface area contributed by atoms with Gasteiger partial charge < -0.3 is 10.2 Å². The molecule has 0 radical (unpaired) electrons. The van der Waals surface area contributed by atoms with Crippen molar-refractivity contribution in [1.82, 2.24) is 9.78 Å². The molecule has 2 heterocycles. The first kappa shape index (κ1) is 9.57. The van der Waals surface area contributed by atoms with Crippen molar-refractivity contribution in [3.05, 3.63) is 33.4 Å². The van der Waals surface area contributed by atoms with Crippen LogP contribution < -0.4 is 5.73 Å². The number of nitrogens with two attached hydrogens (primary N) is 1. The molecule has 2 aromatic rings. The van der Waals surface area contributed by atoms with Crippen molar-refractivity contribution in [3.63, 3.8) is 0 Å². The van der Waals surface area contributed by atoms with Crippen LogP contribution in [0.1, 0.15) is 11.3 Å². The fourth-order valence-electron chi connectivity index (χ4n) is 1.25. The van der Waals surface area contributed by atoms with Gasteiger partial charge in [-0.2, -0.15) is 5.10 Å². The van der Waals surface area contributed by atoms with Crippen molar-refractivity contribution < 1.29 is 4.42 Å². The zero-order valence-corrected chi connectivity index (χ0v) is 9.85. The first-order valence-electron chi connectivity index (χ1n) is 4.18. The van der Waals surface area contributed by atoms with Crippen LogP contribution in [-0.4, -0.2) is 9.78 Å². The van der Waals surface area contributed by atoms with Crippen LogP contribution in [-0.2, 0) is 6.54 Å². The number of nitrogens with zero attached hydrogens (tertiary/aromatic N) is 2. The predicted molar refractivity (Wildman–Crippen MR) is 61.9 cm³/mol. The molecule has 2 rings (SSSR count). The standard InChI is InChI=1S/C9H10IN3O/c1-6-8(10)9(11)13(12-6)4-7-2-3-14-5-7/h2-3,5H,4,11H2,1H3.